The molecule has 1 atom stereocenters. The molecule has 10 nitrogen and oxygen atoms in total. The van der Waals surface area contributed by atoms with Crippen molar-refractivity contribution in [2.45, 2.75) is 13.0 Å². The molecule has 166 valence electrons. The number of carbonyl (C=O) groups is 3. The first-order valence-electron chi connectivity index (χ1n) is 10.0. The summed E-state index contributed by atoms with van der Waals surface area (Å²) in [5.74, 6) is -0.536. The zero-order valence-electron chi connectivity index (χ0n) is 17.5. The summed E-state index contributed by atoms with van der Waals surface area (Å²) in [6.07, 6.45) is -0.419. The lowest BCUT2D eigenvalue weighted by atomic mass is 10.1. The van der Waals surface area contributed by atoms with Crippen LogP contribution in [0.2, 0.25) is 0 Å². The van der Waals surface area contributed by atoms with Crippen molar-refractivity contribution >= 4 is 28.8 Å². The SMILES string of the molecule is CCOC(=O)N1CCN(C(=O)C(CO)NC(=O)c2cc(OC)c3ccccc3n2)CC1. The zero-order valence-corrected chi connectivity index (χ0v) is 17.5. The molecule has 1 aromatic heterocycles. The molecule has 1 fully saturated rings. The number of aliphatic hydroxyl groups is 1. The standard InChI is InChI=1S/C21H26N4O6/c1-3-31-21(29)25-10-8-24(9-11-25)20(28)17(13-26)23-19(27)16-12-18(30-2)14-6-4-5-7-15(14)22-16/h4-7,12,17,26H,3,8-11,13H2,1-2H3,(H,23,27). The van der Waals surface area contributed by atoms with Gasteiger partial charge in [0.05, 0.1) is 25.8 Å². The van der Waals surface area contributed by atoms with Crippen molar-refractivity contribution in [2.24, 2.45) is 0 Å². The maximum Gasteiger partial charge on any atom is 0.409 e. The third-order valence-corrected chi connectivity index (χ3v) is 5.03. The van der Waals surface area contributed by atoms with E-state index in [9.17, 15) is 19.5 Å². The molecule has 31 heavy (non-hydrogen) atoms. The number of ether oxygens (including phenoxy) is 2. The lowest BCUT2D eigenvalue weighted by molar-refractivity contribution is -0.135. The average molecular weight is 430 g/mol. The van der Waals surface area contributed by atoms with Crippen LogP contribution in [0.3, 0.4) is 0 Å². The van der Waals surface area contributed by atoms with E-state index in [1.807, 2.05) is 12.1 Å². The van der Waals surface area contributed by atoms with Gasteiger partial charge in [-0.1, -0.05) is 12.1 Å². The maximum atomic E-state index is 12.8. The second-order valence-electron chi connectivity index (χ2n) is 6.95. The molecule has 0 saturated carbocycles. The van der Waals surface area contributed by atoms with E-state index in [0.717, 1.165) is 5.39 Å². The van der Waals surface area contributed by atoms with E-state index >= 15 is 0 Å². The highest BCUT2D eigenvalue weighted by atomic mass is 16.6. The van der Waals surface area contributed by atoms with Gasteiger partial charge in [0.1, 0.15) is 17.5 Å². The Labute approximate surface area is 179 Å². The largest absolute Gasteiger partial charge is 0.496 e. The van der Waals surface area contributed by atoms with Crippen molar-refractivity contribution in [3.63, 3.8) is 0 Å². The number of para-hydroxylation sites is 1. The van der Waals surface area contributed by atoms with E-state index < -0.39 is 30.6 Å². The van der Waals surface area contributed by atoms with Crippen LogP contribution in [0.15, 0.2) is 30.3 Å². The fraction of sp³-hybridized carbons (Fsp3) is 0.429. The number of benzene rings is 1. The Morgan fingerprint density at radius 1 is 1.16 bits per heavy atom. The van der Waals surface area contributed by atoms with Crippen LogP contribution in [-0.2, 0) is 9.53 Å². The number of pyridine rings is 1. The smallest absolute Gasteiger partial charge is 0.409 e. The number of amides is 3. The van der Waals surface area contributed by atoms with Crippen molar-refractivity contribution in [2.75, 3.05) is 46.5 Å². The molecule has 1 saturated heterocycles. The first kappa shape index (κ1) is 22.3. The Morgan fingerprint density at radius 2 is 1.84 bits per heavy atom. The highest BCUT2D eigenvalue weighted by molar-refractivity contribution is 5.99. The number of rotatable bonds is 6. The van der Waals surface area contributed by atoms with Crippen molar-refractivity contribution in [3.05, 3.63) is 36.0 Å². The van der Waals surface area contributed by atoms with Crippen molar-refractivity contribution in [3.8, 4) is 5.75 Å². The molecule has 0 spiro atoms. The fourth-order valence-corrected chi connectivity index (χ4v) is 3.39. The molecule has 10 heteroatoms. The van der Waals surface area contributed by atoms with Gasteiger partial charge in [-0.2, -0.15) is 0 Å². The van der Waals surface area contributed by atoms with E-state index in [1.54, 1.807) is 19.1 Å². The summed E-state index contributed by atoms with van der Waals surface area (Å²) in [7, 11) is 1.50. The van der Waals surface area contributed by atoms with Crippen LogP contribution < -0.4 is 10.1 Å². The first-order valence-corrected chi connectivity index (χ1v) is 10.0. The number of carbonyl (C=O) groups excluding carboxylic acids is 3. The van der Waals surface area contributed by atoms with Crippen LogP contribution in [0.1, 0.15) is 17.4 Å². The quantitative estimate of drug-likeness (QED) is 0.690. The van der Waals surface area contributed by atoms with Crippen molar-refractivity contribution < 1.29 is 29.0 Å². The maximum absolute atomic E-state index is 12.8. The number of piperazine rings is 1. The summed E-state index contributed by atoms with van der Waals surface area (Å²) in [6.45, 7) is 2.65. The first-order chi connectivity index (χ1) is 15.0. The number of nitrogens with zero attached hydrogens (tertiary/aromatic N) is 3. The molecule has 1 unspecified atom stereocenters. The van der Waals surface area contributed by atoms with Crippen LogP contribution in [0.4, 0.5) is 4.79 Å². The lowest BCUT2D eigenvalue weighted by Crippen LogP contribution is -2.56. The fourth-order valence-electron chi connectivity index (χ4n) is 3.39. The van der Waals surface area contributed by atoms with Crippen LogP contribution in [-0.4, -0.2) is 90.3 Å². The predicted molar refractivity (Wildman–Crippen MR) is 112 cm³/mol. The van der Waals surface area contributed by atoms with Gasteiger partial charge in [0.15, 0.2) is 0 Å². The van der Waals surface area contributed by atoms with Gasteiger partial charge in [0.2, 0.25) is 5.91 Å². The Morgan fingerprint density at radius 3 is 2.48 bits per heavy atom. The van der Waals surface area contributed by atoms with E-state index in [1.165, 1.54) is 23.0 Å². The van der Waals surface area contributed by atoms with Crippen LogP contribution in [0.25, 0.3) is 10.9 Å². The predicted octanol–water partition coefficient (Wildman–Crippen LogP) is 0.635. The van der Waals surface area contributed by atoms with Crippen molar-refractivity contribution in [1.82, 2.24) is 20.1 Å². The molecule has 0 aliphatic carbocycles. The van der Waals surface area contributed by atoms with Crippen LogP contribution in [0.5, 0.6) is 5.75 Å². The van der Waals surface area contributed by atoms with E-state index in [2.05, 4.69) is 10.3 Å². The average Bonchev–Trinajstić information content (AvgIpc) is 2.81. The lowest BCUT2D eigenvalue weighted by Gasteiger charge is -2.35. The monoisotopic (exact) mass is 430 g/mol. The summed E-state index contributed by atoms with van der Waals surface area (Å²) in [5.41, 5.74) is 0.655. The minimum atomic E-state index is -1.12. The summed E-state index contributed by atoms with van der Waals surface area (Å²) >= 11 is 0. The van der Waals surface area contributed by atoms with Gasteiger partial charge in [-0.15, -0.1) is 0 Å². The molecule has 1 aliphatic rings. The van der Waals surface area contributed by atoms with Gasteiger partial charge in [-0.05, 0) is 19.1 Å². The molecule has 1 aliphatic heterocycles. The Kier molecular flexibility index (Phi) is 7.24. The van der Waals surface area contributed by atoms with Crippen LogP contribution >= 0.6 is 0 Å². The van der Waals surface area contributed by atoms with Gasteiger partial charge in [0, 0.05) is 37.6 Å². The van der Waals surface area contributed by atoms with Gasteiger partial charge in [-0.3, -0.25) is 9.59 Å². The number of aliphatic hydroxyl groups excluding tert-OH is 1. The minimum absolute atomic E-state index is 0.0777. The Hall–Kier alpha value is -3.40. The summed E-state index contributed by atoms with van der Waals surface area (Å²) in [5, 5.41) is 13.0. The third kappa shape index (κ3) is 5.02. The molecule has 3 rings (SSSR count). The normalized spacial score (nSPS) is 14.8. The van der Waals surface area contributed by atoms with E-state index in [4.69, 9.17) is 9.47 Å². The third-order valence-electron chi connectivity index (χ3n) is 5.03. The number of hydrogen-bond donors (Lipinski definition) is 2. The van der Waals surface area contributed by atoms with Gasteiger partial charge < -0.3 is 29.7 Å². The topological polar surface area (TPSA) is 121 Å². The number of hydrogen-bond acceptors (Lipinski definition) is 7. The molecule has 2 N–H and O–H groups in total. The van der Waals surface area contributed by atoms with Gasteiger partial charge in [0.25, 0.3) is 5.91 Å². The van der Waals surface area contributed by atoms with E-state index in [-0.39, 0.29) is 25.4 Å². The van der Waals surface area contributed by atoms with E-state index in [0.29, 0.717) is 24.4 Å². The number of fused-ring (bicyclic) bond motifs is 1. The second kappa shape index (κ2) is 10.1. The summed E-state index contributed by atoms with van der Waals surface area (Å²) in [4.78, 5) is 44.7. The molecule has 0 radical (unpaired) electrons. The van der Waals surface area contributed by atoms with Crippen molar-refractivity contribution in [1.29, 1.82) is 0 Å². The Balaban J connectivity index is 1.67. The molecule has 2 aromatic rings. The zero-order chi connectivity index (χ0) is 22.4. The highest BCUT2D eigenvalue weighted by Gasteiger charge is 2.30. The molecule has 1 aromatic carbocycles. The minimum Gasteiger partial charge on any atom is -0.496 e. The summed E-state index contributed by atoms with van der Waals surface area (Å²) < 4.78 is 10.3. The Bertz CT molecular complexity index is 958. The number of methoxy groups -OCH3 is 1. The number of aromatic nitrogens is 1. The van der Waals surface area contributed by atoms with Gasteiger partial charge in [-0.25, -0.2) is 9.78 Å². The second-order valence-corrected chi connectivity index (χ2v) is 6.95. The summed E-state index contributed by atoms with van der Waals surface area (Å²) in [6, 6.07) is 7.60. The molecular weight excluding hydrogens is 404 g/mol. The molecule has 2 heterocycles. The molecule has 3 amide bonds. The number of nitrogens with one attached hydrogen (secondary N) is 1. The van der Waals surface area contributed by atoms with Crippen LogP contribution in [0, 0.1) is 0 Å². The molecular formula is C21H26N4O6. The highest BCUT2D eigenvalue weighted by Crippen LogP contribution is 2.25. The molecule has 0 bridgehead atoms. The van der Waals surface area contributed by atoms with Gasteiger partial charge >= 0.3 is 6.09 Å².